The summed E-state index contributed by atoms with van der Waals surface area (Å²) >= 11 is 0. The van der Waals surface area contributed by atoms with E-state index in [1.165, 1.54) is 0 Å². The average molecular weight is 305 g/mol. The Balaban J connectivity index is 2.93. The van der Waals surface area contributed by atoms with Crippen molar-refractivity contribution in [3.8, 4) is 0 Å². The summed E-state index contributed by atoms with van der Waals surface area (Å²) in [4.78, 5) is 23.9. The number of nitrogens with one attached hydrogen (secondary N) is 1. The largest absolute Gasteiger partial charge is 0.369 e. The molecular formula is C17H27N3O2. The third kappa shape index (κ3) is 3.47. The molecule has 0 heterocycles. The molecule has 0 radical (unpaired) electrons. The Labute approximate surface area is 132 Å². The van der Waals surface area contributed by atoms with Gasteiger partial charge in [-0.05, 0) is 44.4 Å². The maximum Gasteiger partial charge on any atom is 0.231 e. The Morgan fingerprint density at radius 1 is 1.09 bits per heavy atom. The normalized spacial score (nSPS) is 12.0. The lowest BCUT2D eigenvalue weighted by Crippen LogP contribution is -2.41. The van der Waals surface area contributed by atoms with Crippen LogP contribution in [0.5, 0.6) is 0 Å². The molecule has 1 rings (SSSR count). The summed E-state index contributed by atoms with van der Waals surface area (Å²) in [6.07, 6.45) is 1.39. The summed E-state index contributed by atoms with van der Waals surface area (Å²) in [7, 11) is 0. The summed E-state index contributed by atoms with van der Waals surface area (Å²) in [6, 6.07) is 7.18. The van der Waals surface area contributed by atoms with Crippen molar-refractivity contribution < 1.29 is 9.59 Å². The van der Waals surface area contributed by atoms with Gasteiger partial charge >= 0.3 is 0 Å². The third-order valence-electron chi connectivity index (χ3n) is 4.71. The SMILES string of the molecule is CCC(CC)(CN)C(=O)Nc1ccc(C(C)(C)C(N)=O)cc1. The first kappa shape index (κ1) is 18.2. The van der Waals surface area contributed by atoms with E-state index in [-0.39, 0.29) is 11.8 Å². The van der Waals surface area contributed by atoms with Crippen LogP contribution in [-0.4, -0.2) is 18.4 Å². The molecule has 0 aromatic heterocycles. The van der Waals surface area contributed by atoms with Gasteiger partial charge in [-0.2, -0.15) is 0 Å². The van der Waals surface area contributed by atoms with Gasteiger partial charge in [-0.1, -0.05) is 26.0 Å². The van der Waals surface area contributed by atoms with E-state index < -0.39 is 10.8 Å². The molecule has 1 aromatic carbocycles. The summed E-state index contributed by atoms with van der Waals surface area (Å²) in [5.41, 5.74) is 11.4. The lowest BCUT2D eigenvalue weighted by Gasteiger charge is -2.28. The number of hydrogen-bond acceptors (Lipinski definition) is 3. The summed E-state index contributed by atoms with van der Waals surface area (Å²) in [5, 5.41) is 2.91. The molecule has 0 aliphatic rings. The zero-order chi connectivity index (χ0) is 17.0. The number of amides is 2. The third-order valence-corrected chi connectivity index (χ3v) is 4.71. The molecule has 1 aromatic rings. The van der Waals surface area contributed by atoms with Gasteiger partial charge in [0, 0.05) is 12.2 Å². The molecule has 0 atom stereocenters. The van der Waals surface area contributed by atoms with E-state index in [2.05, 4.69) is 5.32 Å². The van der Waals surface area contributed by atoms with E-state index >= 15 is 0 Å². The average Bonchev–Trinajstić information content (AvgIpc) is 2.50. The van der Waals surface area contributed by atoms with Crippen LogP contribution in [0, 0.1) is 5.41 Å². The van der Waals surface area contributed by atoms with Crippen LogP contribution in [0.2, 0.25) is 0 Å². The molecule has 2 amide bonds. The van der Waals surface area contributed by atoms with Crippen LogP contribution >= 0.6 is 0 Å². The Kier molecular flexibility index (Phi) is 5.72. The van der Waals surface area contributed by atoms with Gasteiger partial charge in [0.15, 0.2) is 0 Å². The van der Waals surface area contributed by atoms with Crippen LogP contribution < -0.4 is 16.8 Å². The maximum atomic E-state index is 12.5. The van der Waals surface area contributed by atoms with Crippen LogP contribution in [0.15, 0.2) is 24.3 Å². The first-order chi connectivity index (χ1) is 10.2. The number of hydrogen-bond donors (Lipinski definition) is 3. The minimum Gasteiger partial charge on any atom is -0.369 e. The molecule has 0 bridgehead atoms. The number of carbonyl (C=O) groups excluding carboxylic acids is 2. The van der Waals surface area contributed by atoms with Gasteiger partial charge in [-0.15, -0.1) is 0 Å². The Hall–Kier alpha value is -1.88. The van der Waals surface area contributed by atoms with E-state index in [1.807, 2.05) is 26.0 Å². The van der Waals surface area contributed by atoms with Gasteiger partial charge in [0.05, 0.1) is 10.8 Å². The summed E-state index contributed by atoms with van der Waals surface area (Å²) in [6.45, 7) is 7.80. The minimum atomic E-state index is -0.740. The second kappa shape index (κ2) is 6.92. The predicted octanol–water partition coefficient (Wildman–Crippen LogP) is 2.15. The van der Waals surface area contributed by atoms with Gasteiger partial charge in [-0.25, -0.2) is 0 Å². The number of carbonyl (C=O) groups is 2. The lowest BCUT2D eigenvalue weighted by molar-refractivity contribution is -0.125. The number of benzene rings is 1. The number of anilines is 1. The first-order valence-electron chi connectivity index (χ1n) is 7.65. The van der Waals surface area contributed by atoms with Gasteiger partial charge < -0.3 is 16.8 Å². The molecule has 122 valence electrons. The summed E-state index contributed by atoms with van der Waals surface area (Å²) in [5.74, 6) is -0.453. The van der Waals surface area contributed by atoms with E-state index in [0.717, 1.165) is 5.56 Å². The topological polar surface area (TPSA) is 98.2 Å². The van der Waals surface area contributed by atoms with Crippen LogP contribution in [0.25, 0.3) is 0 Å². The monoisotopic (exact) mass is 305 g/mol. The molecule has 5 nitrogen and oxygen atoms in total. The summed E-state index contributed by atoms with van der Waals surface area (Å²) < 4.78 is 0. The smallest absolute Gasteiger partial charge is 0.231 e. The van der Waals surface area contributed by atoms with E-state index in [1.54, 1.807) is 26.0 Å². The molecular weight excluding hydrogens is 278 g/mol. The molecule has 5 N–H and O–H groups in total. The Bertz CT molecular complexity index is 523. The highest BCUT2D eigenvalue weighted by molar-refractivity contribution is 5.95. The van der Waals surface area contributed by atoms with E-state index in [9.17, 15) is 9.59 Å². The van der Waals surface area contributed by atoms with Crippen molar-refractivity contribution in [1.29, 1.82) is 0 Å². The van der Waals surface area contributed by atoms with Crippen molar-refractivity contribution in [2.75, 3.05) is 11.9 Å². The lowest BCUT2D eigenvalue weighted by atomic mass is 9.81. The van der Waals surface area contributed by atoms with E-state index in [0.29, 0.717) is 25.1 Å². The second-order valence-electron chi connectivity index (χ2n) is 6.21. The molecule has 22 heavy (non-hydrogen) atoms. The number of primary amides is 1. The highest BCUT2D eigenvalue weighted by atomic mass is 16.2. The van der Waals surface area contributed by atoms with Crippen LogP contribution in [-0.2, 0) is 15.0 Å². The van der Waals surface area contributed by atoms with Crippen molar-refractivity contribution >= 4 is 17.5 Å². The Morgan fingerprint density at radius 2 is 1.59 bits per heavy atom. The fourth-order valence-corrected chi connectivity index (χ4v) is 2.33. The fraction of sp³-hybridized carbons (Fsp3) is 0.529. The zero-order valence-electron chi connectivity index (χ0n) is 13.9. The van der Waals surface area contributed by atoms with Crippen molar-refractivity contribution in [2.45, 2.75) is 46.0 Å². The first-order valence-corrected chi connectivity index (χ1v) is 7.65. The molecule has 5 heteroatoms. The molecule has 0 saturated heterocycles. The zero-order valence-corrected chi connectivity index (χ0v) is 13.9. The van der Waals surface area contributed by atoms with Gasteiger partial charge in [0.2, 0.25) is 11.8 Å². The molecule has 0 aliphatic heterocycles. The predicted molar refractivity (Wildman–Crippen MR) is 89.4 cm³/mol. The van der Waals surface area contributed by atoms with Gasteiger partial charge in [0.25, 0.3) is 0 Å². The number of rotatable bonds is 7. The fourth-order valence-electron chi connectivity index (χ4n) is 2.33. The minimum absolute atomic E-state index is 0.0677. The van der Waals surface area contributed by atoms with Crippen molar-refractivity contribution in [2.24, 2.45) is 16.9 Å². The highest BCUT2D eigenvalue weighted by Crippen LogP contribution is 2.28. The second-order valence-corrected chi connectivity index (χ2v) is 6.21. The molecule has 0 aliphatic carbocycles. The Morgan fingerprint density at radius 3 is 1.95 bits per heavy atom. The van der Waals surface area contributed by atoms with Gasteiger partial charge in [-0.3, -0.25) is 9.59 Å². The van der Waals surface area contributed by atoms with Crippen molar-refractivity contribution in [3.05, 3.63) is 29.8 Å². The molecule has 0 saturated carbocycles. The molecule has 0 unspecified atom stereocenters. The standard InChI is InChI=1S/C17H27N3O2/c1-5-17(6-2,11-18)15(22)20-13-9-7-12(8-10-13)16(3,4)14(19)21/h7-10H,5-6,11,18H2,1-4H3,(H2,19,21)(H,20,22). The number of nitrogens with two attached hydrogens (primary N) is 2. The van der Waals surface area contributed by atoms with Crippen LogP contribution in [0.4, 0.5) is 5.69 Å². The van der Waals surface area contributed by atoms with E-state index in [4.69, 9.17) is 11.5 Å². The maximum absolute atomic E-state index is 12.5. The molecule has 0 spiro atoms. The molecule has 0 fully saturated rings. The quantitative estimate of drug-likeness (QED) is 0.720. The van der Waals surface area contributed by atoms with Crippen LogP contribution in [0.1, 0.15) is 46.1 Å². The highest BCUT2D eigenvalue weighted by Gasteiger charge is 2.33. The van der Waals surface area contributed by atoms with Crippen molar-refractivity contribution in [3.63, 3.8) is 0 Å². The van der Waals surface area contributed by atoms with Crippen LogP contribution in [0.3, 0.4) is 0 Å². The van der Waals surface area contributed by atoms with Crippen molar-refractivity contribution in [1.82, 2.24) is 0 Å². The van der Waals surface area contributed by atoms with Gasteiger partial charge in [0.1, 0.15) is 0 Å².